The van der Waals surface area contributed by atoms with Crippen molar-refractivity contribution in [3.8, 4) is 10.8 Å². The third-order valence-electron chi connectivity index (χ3n) is 2.83. The molecule has 1 aliphatic rings. The molecule has 0 radical (unpaired) electrons. The van der Waals surface area contributed by atoms with Gasteiger partial charge in [-0.3, -0.25) is 4.79 Å². The summed E-state index contributed by atoms with van der Waals surface area (Å²) in [5.74, 6) is 0.972. The Morgan fingerprint density at radius 1 is 1.44 bits per heavy atom. The fourth-order valence-electron chi connectivity index (χ4n) is 1.96. The number of ketones is 1. The summed E-state index contributed by atoms with van der Waals surface area (Å²) in [5.41, 5.74) is 1.74. The molecule has 0 atom stereocenters. The molecular weight excluding hydrogens is 222 g/mol. The molecular formula is C12H11NO2S. The topological polar surface area (TPSA) is 43.1 Å². The summed E-state index contributed by atoms with van der Waals surface area (Å²) in [4.78, 5) is 17.2. The van der Waals surface area contributed by atoms with Crippen molar-refractivity contribution in [2.45, 2.75) is 26.2 Å². The molecule has 2 aromatic rings. The fraction of sp³-hybridized carbons (Fsp3) is 0.333. The van der Waals surface area contributed by atoms with Gasteiger partial charge in [0.25, 0.3) is 0 Å². The Bertz CT molecular complexity index is 553. The Balaban J connectivity index is 2.11. The van der Waals surface area contributed by atoms with Gasteiger partial charge >= 0.3 is 0 Å². The normalized spacial score (nSPS) is 15.2. The van der Waals surface area contributed by atoms with E-state index in [4.69, 9.17) is 4.42 Å². The van der Waals surface area contributed by atoms with E-state index in [-0.39, 0.29) is 5.78 Å². The molecule has 3 rings (SSSR count). The van der Waals surface area contributed by atoms with Gasteiger partial charge in [-0.05, 0) is 31.4 Å². The highest BCUT2D eigenvalue weighted by atomic mass is 32.1. The van der Waals surface area contributed by atoms with Crippen LogP contribution in [0, 0.1) is 6.92 Å². The van der Waals surface area contributed by atoms with Crippen LogP contribution in [-0.2, 0) is 6.42 Å². The number of aryl methyl sites for hydroxylation is 2. The van der Waals surface area contributed by atoms with Crippen LogP contribution in [0.15, 0.2) is 16.7 Å². The van der Waals surface area contributed by atoms with E-state index < -0.39 is 0 Å². The van der Waals surface area contributed by atoms with Gasteiger partial charge in [0.05, 0.1) is 6.26 Å². The van der Waals surface area contributed by atoms with Crippen LogP contribution in [0.1, 0.15) is 33.8 Å². The summed E-state index contributed by atoms with van der Waals surface area (Å²) >= 11 is 1.59. The average molecular weight is 233 g/mol. The number of fused-ring (bicyclic) bond motifs is 1. The largest absolute Gasteiger partial charge is 0.462 e. The lowest BCUT2D eigenvalue weighted by Gasteiger charge is -2.06. The highest BCUT2D eigenvalue weighted by molar-refractivity contribution is 7.15. The quantitative estimate of drug-likeness (QED) is 0.759. The first-order valence-electron chi connectivity index (χ1n) is 5.33. The van der Waals surface area contributed by atoms with E-state index in [9.17, 15) is 4.79 Å². The van der Waals surface area contributed by atoms with Gasteiger partial charge in [-0.2, -0.15) is 0 Å². The monoisotopic (exact) mass is 233 g/mol. The first-order valence-corrected chi connectivity index (χ1v) is 6.15. The minimum absolute atomic E-state index is 0.174. The van der Waals surface area contributed by atoms with Crippen molar-refractivity contribution in [1.29, 1.82) is 0 Å². The first kappa shape index (κ1) is 9.78. The van der Waals surface area contributed by atoms with E-state index in [1.807, 2.05) is 13.0 Å². The molecule has 0 aromatic carbocycles. The molecule has 0 unspecified atom stereocenters. The second-order valence-electron chi connectivity index (χ2n) is 4.00. The van der Waals surface area contributed by atoms with Crippen LogP contribution < -0.4 is 0 Å². The number of rotatable bonds is 1. The summed E-state index contributed by atoms with van der Waals surface area (Å²) in [6, 6.07) is 1.91. The van der Waals surface area contributed by atoms with Crippen molar-refractivity contribution in [2.75, 3.05) is 0 Å². The Labute approximate surface area is 97.1 Å². The molecule has 2 aromatic heterocycles. The molecule has 2 heterocycles. The van der Waals surface area contributed by atoms with Crippen LogP contribution in [0.4, 0.5) is 0 Å². The molecule has 0 N–H and O–H groups in total. The van der Waals surface area contributed by atoms with Crippen molar-refractivity contribution in [2.24, 2.45) is 0 Å². The average Bonchev–Trinajstić information content (AvgIpc) is 2.84. The van der Waals surface area contributed by atoms with Gasteiger partial charge < -0.3 is 4.42 Å². The third kappa shape index (κ3) is 1.41. The zero-order valence-corrected chi connectivity index (χ0v) is 9.76. The van der Waals surface area contributed by atoms with Crippen LogP contribution in [0.3, 0.4) is 0 Å². The maximum absolute atomic E-state index is 11.7. The van der Waals surface area contributed by atoms with E-state index >= 15 is 0 Å². The molecule has 1 aliphatic carbocycles. The maximum atomic E-state index is 11.7. The van der Waals surface area contributed by atoms with Crippen molar-refractivity contribution in [3.63, 3.8) is 0 Å². The SMILES string of the molecule is Cc1ccoc1-c1nc2c(s1)CCCC2=O. The van der Waals surface area contributed by atoms with E-state index in [0.29, 0.717) is 12.1 Å². The number of aromatic nitrogens is 1. The summed E-state index contributed by atoms with van der Waals surface area (Å²) in [5, 5.41) is 0.836. The maximum Gasteiger partial charge on any atom is 0.182 e. The zero-order chi connectivity index (χ0) is 11.1. The smallest absolute Gasteiger partial charge is 0.182 e. The number of thiazole rings is 1. The van der Waals surface area contributed by atoms with Crippen LogP contribution in [-0.4, -0.2) is 10.8 Å². The molecule has 0 amide bonds. The fourth-order valence-corrected chi connectivity index (χ4v) is 3.13. The van der Waals surface area contributed by atoms with Crippen molar-refractivity contribution in [3.05, 3.63) is 28.5 Å². The van der Waals surface area contributed by atoms with Crippen LogP contribution in [0.25, 0.3) is 10.8 Å². The molecule has 0 saturated carbocycles. The van der Waals surface area contributed by atoms with Crippen LogP contribution in [0.5, 0.6) is 0 Å². The lowest BCUT2D eigenvalue weighted by atomic mass is 10.0. The van der Waals surface area contributed by atoms with Gasteiger partial charge in [0.1, 0.15) is 5.69 Å². The Kier molecular flexibility index (Phi) is 2.17. The van der Waals surface area contributed by atoms with Crippen molar-refractivity contribution >= 4 is 17.1 Å². The van der Waals surface area contributed by atoms with Gasteiger partial charge in [-0.25, -0.2) is 4.98 Å². The van der Waals surface area contributed by atoms with Crippen molar-refractivity contribution < 1.29 is 9.21 Å². The van der Waals surface area contributed by atoms with Crippen molar-refractivity contribution in [1.82, 2.24) is 4.98 Å². The number of nitrogens with zero attached hydrogens (tertiary/aromatic N) is 1. The van der Waals surface area contributed by atoms with Gasteiger partial charge in [-0.1, -0.05) is 0 Å². The van der Waals surface area contributed by atoms with Crippen LogP contribution in [0.2, 0.25) is 0 Å². The summed E-state index contributed by atoms with van der Waals surface area (Å²) in [6.07, 6.45) is 4.21. The van der Waals surface area contributed by atoms with Gasteiger partial charge in [0.15, 0.2) is 16.6 Å². The van der Waals surface area contributed by atoms with Crippen LogP contribution >= 0.6 is 11.3 Å². The lowest BCUT2D eigenvalue weighted by molar-refractivity contribution is 0.0968. The van der Waals surface area contributed by atoms with Gasteiger partial charge in [0.2, 0.25) is 0 Å². The predicted octanol–water partition coefficient (Wildman–Crippen LogP) is 3.23. The Morgan fingerprint density at radius 3 is 3.00 bits per heavy atom. The highest BCUT2D eigenvalue weighted by Gasteiger charge is 2.23. The molecule has 82 valence electrons. The number of hydrogen-bond donors (Lipinski definition) is 0. The lowest BCUT2D eigenvalue weighted by Crippen LogP contribution is -2.08. The third-order valence-corrected chi connectivity index (χ3v) is 3.94. The Morgan fingerprint density at radius 2 is 2.31 bits per heavy atom. The first-order chi connectivity index (χ1) is 7.75. The molecule has 0 spiro atoms. The zero-order valence-electron chi connectivity index (χ0n) is 8.95. The van der Waals surface area contributed by atoms with Gasteiger partial charge in [-0.15, -0.1) is 11.3 Å². The van der Waals surface area contributed by atoms with Gasteiger partial charge in [0, 0.05) is 11.3 Å². The summed E-state index contributed by atoms with van der Waals surface area (Å²) < 4.78 is 5.40. The summed E-state index contributed by atoms with van der Waals surface area (Å²) in [6.45, 7) is 1.99. The minimum atomic E-state index is 0.174. The molecule has 3 nitrogen and oxygen atoms in total. The van der Waals surface area contributed by atoms with E-state index in [0.717, 1.165) is 34.1 Å². The molecule has 0 fully saturated rings. The standard InChI is InChI=1S/C12H11NO2S/c1-7-5-6-15-11(7)12-13-10-8(14)3-2-4-9(10)16-12/h5-6H,2-4H2,1H3. The molecule has 0 bridgehead atoms. The summed E-state index contributed by atoms with van der Waals surface area (Å²) in [7, 11) is 0. The molecule has 4 heteroatoms. The number of carbonyl (C=O) groups is 1. The number of Topliss-reactive ketones (excluding diaryl/α,β-unsaturated/α-hetero) is 1. The second kappa shape index (κ2) is 3.56. The second-order valence-corrected chi connectivity index (χ2v) is 5.08. The Hall–Kier alpha value is -1.42. The van der Waals surface area contributed by atoms with E-state index in [2.05, 4.69) is 4.98 Å². The molecule has 0 saturated heterocycles. The van der Waals surface area contributed by atoms with E-state index in [1.165, 1.54) is 0 Å². The minimum Gasteiger partial charge on any atom is -0.462 e. The predicted molar refractivity (Wildman–Crippen MR) is 61.8 cm³/mol. The number of furan rings is 1. The number of hydrogen-bond acceptors (Lipinski definition) is 4. The number of carbonyl (C=O) groups excluding carboxylic acids is 1. The highest BCUT2D eigenvalue weighted by Crippen LogP contribution is 2.34. The molecule has 0 aliphatic heterocycles. The molecule has 16 heavy (non-hydrogen) atoms. The van der Waals surface area contributed by atoms with E-state index in [1.54, 1.807) is 17.6 Å².